The van der Waals surface area contributed by atoms with Crippen molar-refractivity contribution in [2.45, 2.75) is 13.1 Å². The molecule has 0 unspecified atom stereocenters. The SMILES string of the molecule is CCN(CC(F)(F)F)S(=O)(=O)CCOc1ccccc1N. The number of alkyl halides is 3. The van der Waals surface area contributed by atoms with E-state index in [1.54, 1.807) is 24.3 Å². The Hall–Kier alpha value is -1.48. The number of anilines is 1. The fourth-order valence-electron chi connectivity index (χ4n) is 1.60. The minimum absolute atomic E-state index is 0.255. The Kier molecular flexibility index (Phi) is 5.85. The normalized spacial score (nSPS) is 12.6. The van der Waals surface area contributed by atoms with Crippen molar-refractivity contribution in [1.29, 1.82) is 0 Å². The van der Waals surface area contributed by atoms with Crippen molar-refractivity contribution in [1.82, 2.24) is 4.31 Å². The van der Waals surface area contributed by atoms with Crippen molar-refractivity contribution < 1.29 is 26.3 Å². The molecular formula is C12H17F3N2O3S. The van der Waals surface area contributed by atoms with E-state index < -0.39 is 28.5 Å². The fourth-order valence-corrected chi connectivity index (χ4v) is 2.89. The summed E-state index contributed by atoms with van der Waals surface area (Å²) in [4.78, 5) is 0. The third kappa shape index (κ3) is 5.80. The van der Waals surface area contributed by atoms with Gasteiger partial charge in [-0.2, -0.15) is 17.5 Å². The number of halogens is 3. The molecule has 21 heavy (non-hydrogen) atoms. The Bertz CT molecular complexity index is 561. The Balaban J connectivity index is 2.62. The van der Waals surface area contributed by atoms with E-state index in [4.69, 9.17) is 10.5 Å². The van der Waals surface area contributed by atoms with Gasteiger partial charge in [0.25, 0.3) is 0 Å². The molecule has 0 saturated carbocycles. The van der Waals surface area contributed by atoms with Crippen LogP contribution in [0.3, 0.4) is 0 Å². The zero-order valence-corrected chi connectivity index (χ0v) is 12.2. The van der Waals surface area contributed by atoms with Crippen LogP contribution in [0.1, 0.15) is 6.92 Å². The molecule has 120 valence electrons. The third-order valence-electron chi connectivity index (χ3n) is 2.62. The molecule has 0 atom stereocenters. The second kappa shape index (κ2) is 6.99. The first kappa shape index (κ1) is 17.6. The summed E-state index contributed by atoms with van der Waals surface area (Å²) < 4.78 is 66.2. The number of nitrogens with zero attached hydrogens (tertiary/aromatic N) is 1. The van der Waals surface area contributed by atoms with Crippen molar-refractivity contribution in [3.8, 4) is 5.75 Å². The number of ether oxygens (including phenoxy) is 1. The van der Waals surface area contributed by atoms with Crippen LogP contribution in [0.15, 0.2) is 24.3 Å². The second-order valence-electron chi connectivity index (χ2n) is 4.24. The molecule has 0 saturated heterocycles. The molecule has 2 N–H and O–H groups in total. The van der Waals surface area contributed by atoms with Crippen LogP contribution in [0.5, 0.6) is 5.75 Å². The molecule has 0 heterocycles. The Morgan fingerprint density at radius 2 is 1.90 bits per heavy atom. The summed E-state index contributed by atoms with van der Waals surface area (Å²) in [6.07, 6.45) is -4.58. The highest BCUT2D eigenvalue weighted by atomic mass is 32.2. The average Bonchev–Trinajstić information content (AvgIpc) is 2.37. The molecule has 0 amide bonds. The number of nitrogens with two attached hydrogens (primary N) is 1. The summed E-state index contributed by atoms with van der Waals surface area (Å²) in [5.74, 6) is -0.253. The monoisotopic (exact) mass is 326 g/mol. The summed E-state index contributed by atoms with van der Waals surface area (Å²) in [6, 6.07) is 6.46. The first-order valence-corrected chi connectivity index (χ1v) is 7.78. The van der Waals surface area contributed by atoms with Gasteiger partial charge >= 0.3 is 6.18 Å². The maximum Gasteiger partial charge on any atom is 0.402 e. The molecule has 0 aliphatic carbocycles. The van der Waals surface area contributed by atoms with Crippen molar-refractivity contribution in [2.24, 2.45) is 0 Å². The molecule has 1 rings (SSSR count). The number of para-hydroxylation sites is 2. The number of sulfonamides is 1. The van der Waals surface area contributed by atoms with E-state index in [9.17, 15) is 21.6 Å². The topological polar surface area (TPSA) is 72.6 Å². The Labute approximate surface area is 121 Å². The van der Waals surface area contributed by atoms with Gasteiger partial charge in [-0.3, -0.25) is 0 Å². The first-order valence-electron chi connectivity index (χ1n) is 6.17. The molecule has 0 fully saturated rings. The maximum absolute atomic E-state index is 12.3. The van der Waals surface area contributed by atoms with Crippen molar-refractivity contribution in [3.63, 3.8) is 0 Å². The minimum Gasteiger partial charge on any atom is -0.490 e. The largest absolute Gasteiger partial charge is 0.490 e. The molecule has 5 nitrogen and oxygen atoms in total. The van der Waals surface area contributed by atoms with Gasteiger partial charge in [0, 0.05) is 6.54 Å². The van der Waals surface area contributed by atoms with Crippen LogP contribution in [0.4, 0.5) is 18.9 Å². The van der Waals surface area contributed by atoms with E-state index in [2.05, 4.69) is 0 Å². The summed E-state index contributed by atoms with van der Waals surface area (Å²) in [6.45, 7) is -0.682. The summed E-state index contributed by atoms with van der Waals surface area (Å²) in [7, 11) is -4.04. The lowest BCUT2D eigenvalue weighted by molar-refractivity contribution is -0.135. The lowest BCUT2D eigenvalue weighted by Crippen LogP contribution is -2.40. The van der Waals surface area contributed by atoms with Crippen molar-refractivity contribution in [2.75, 3.05) is 31.2 Å². The zero-order valence-electron chi connectivity index (χ0n) is 11.4. The standard InChI is InChI=1S/C12H17F3N2O3S/c1-2-17(9-12(13,14)15)21(18,19)8-7-20-11-6-4-3-5-10(11)16/h3-6H,2,7-9,16H2,1H3. The third-order valence-corrected chi connectivity index (χ3v) is 4.48. The first-order chi connectivity index (χ1) is 9.65. The van der Waals surface area contributed by atoms with Gasteiger partial charge in [-0.05, 0) is 12.1 Å². The van der Waals surface area contributed by atoms with E-state index in [0.29, 0.717) is 15.7 Å². The number of hydrogen-bond donors (Lipinski definition) is 1. The van der Waals surface area contributed by atoms with Gasteiger partial charge in [0.2, 0.25) is 10.0 Å². The summed E-state index contributed by atoms with van der Waals surface area (Å²) in [5.41, 5.74) is 5.94. The molecule has 0 spiro atoms. The number of nitrogen functional groups attached to an aromatic ring is 1. The Morgan fingerprint density at radius 3 is 2.43 bits per heavy atom. The zero-order chi connectivity index (χ0) is 16.1. The molecule has 0 aliphatic rings. The van der Waals surface area contributed by atoms with E-state index in [1.165, 1.54) is 6.92 Å². The van der Waals surface area contributed by atoms with Crippen LogP contribution in [0.2, 0.25) is 0 Å². The molecule has 9 heteroatoms. The van der Waals surface area contributed by atoms with Crippen LogP contribution in [0.25, 0.3) is 0 Å². The van der Waals surface area contributed by atoms with Gasteiger partial charge in [0.15, 0.2) is 0 Å². The van der Waals surface area contributed by atoms with Gasteiger partial charge in [0.1, 0.15) is 18.9 Å². The molecule has 0 bridgehead atoms. The van der Waals surface area contributed by atoms with Crippen LogP contribution in [0, 0.1) is 0 Å². The van der Waals surface area contributed by atoms with Crippen LogP contribution in [-0.2, 0) is 10.0 Å². The average molecular weight is 326 g/mol. The minimum atomic E-state index is -4.58. The number of benzene rings is 1. The van der Waals surface area contributed by atoms with Crippen LogP contribution in [-0.4, -0.2) is 44.3 Å². The molecular weight excluding hydrogens is 309 g/mol. The van der Waals surface area contributed by atoms with E-state index in [-0.39, 0.29) is 13.2 Å². The van der Waals surface area contributed by atoms with Gasteiger partial charge in [-0.1, -0.05) is 19.1 Å². The lowest BCUT2D eigenvalue weighted by Gasteiger charge is -2.21. The quantitative estimate of drug-likeness (QED) is 0.776. The number of hydrogen-bond acceptors (Lipinski definition) is 4. The highest BCUT2D eigenvalue weighted by Gasteiger charge is 2.35. The highest BCUT2D eigenvalue weighted by Crippen LogP contribution is 2.21. The lowest BCUT2D eigenvalue weighted by atomic mass is 10.3. The Morgan fingerprint density at radius 1 is 1.29 bits per heavy atom. The molecule has 0 aliphatic heterocycles. The van der Waals surface area contributed by atoms with E-state index >= 15 is 0 Å². The van der Waals surface area contributed by atoms with Gasteiger partial charge in [0.05, 0.1) is 11.4 Å². The predicted molar refractivity (Wildman–Crippen MR) is 73.4 cm³/mol. The molecule has 0 radical (unpaired) electrons. The molecule has 1 aromatic rings. The van der Waals surface area contributed by atoms with E-state index in [0.717, 1.165) is 0 Å². The molecule has 1 aromatic carbocycles. The van der Waals surface area contributed by atoms with Crippen LogP contribution < -0.4 is 10.5 Å². The van der Waals surface area contributed by atoms with E-state index in [1.807, 2.05) is 0 Å². The molecule has 0 aromatic heterocycles. The second-order valence-corrected chi connectivity index (χ2v) is 6.33. The van der Waals surface area contributed by atoms with Gasteiger partial charge in [-0.25, -0.2) is 8.42 Å². The predicted octanol–water partition coefficient (Wildman–Crippen LogP) is 1.86. The fraction of sp³-hybridized carbons (Fsp3) is 0.500. The van der Waals surface area contributed by atoms with Gasteiger partial charge in [-0.15, -0.1) is 0 Å². The smallest absolute Gasteiger partial charge is 0.402 e. The summed E-state index contributed by atoms with van der Waals surface area (Å²) >= 11 is 0. The summed E-state index contributed by atoms with van der Waals surface area (Å²) in [5, 5.41) is 0. The van der Waals surface area contributed by atoms with Crippen molar-refractivity contribution in [3.05, 3.63) is 24.3 Å². The van der Waals surface area contributed by atoms with Crippen LogP contribution >= 0.6 is 0 Å². The maximum atomic E-state index is 12.3. The highest BCUT2D eigenvalue weighted by molar-refractivity contribution is 7.89. The van der Waals surface area contributed by atoms with Gasteiger partial charge < -0.3 is 10.5 Å². The number of rotatable bonds is 7. The van der Waals surface area contributed by atoms with Crippen molar-refractivity contribution >= 4 is 15.7 Å².